The molecule has 1 rings (SSSR count). The van der Waals surface area contributed by atoms with E-state index in [-0.39, 0.29) is 12.4 Å². The highest BCUT2D eigenvalue weighted by molar-refractivity contribution is 6.17. The predicted molar refractivity (Wildman–Crippen MR) is 54.5 cm³/mol. The Morgan fingerprint density at radius 2 is 2.08 bits per heavy atom. The van der Waals surface area contributed by atoms with E-state index in [0.717, 1.165) is 11.3 Å². The van der Waals surface area contributed by atoms with Crippen LogP contribution in [-0.2, 0) is 5.88 Å². The highest BCUT2D eigenvalue weighted by atomic mass is 35.5. The monoisotopic (exact) mass is 206 g/mol. The van der Waals surface area contributed by atoms with Crippen molar-refractivity contribution >= 4 is 24.0 Å². The first-order chi connectivity index (χ1) is 5.29. The van der Waals surface area contributed by atoms with Crippen molar-refractivity contribution in [3.63, 3.8) is 0 Å². The second-order valence-corrected chi connectivity index (χ2v) is 2.66. The van der Waals surface area contributed by atoms with Gasteiger partial charge in [-0.1, -0.05) is 12.1 Å². The molecule has 0 spiro atoms. The van der Waals surface area contributed by atoms with E-state index >= 15 is 0 Å². The van der Waals surface area contributed by atoms with Gasteiger partial charge in [-0.05, 0) is 18.6 Å². The number of ether oxygens (including phenoxy) is 1. The molecule has 0 bridgehead atoms. The third kappa shape index (κ3) is 2.29. The van der Waals surface area contributed by atoms with E-state index in [1.54, 1.807) is 7.11 Å². The van der Waals surface area contributed by atoms with Crippen LogP contribution in [0.5, 0.6) is 5.75 Å². The fourth-order valence-corrected chi connectivity index (χ4v) is 1.38. The van der Waals surface area contributed by atoms with Crippen molar-refractivity contribution in [3.05, 3.63) is 29.3 Å². The lowest BCUT2D eigenvalue weighted by molar-refractivity contribution is 0.411. The summed E-state index contributed by atoms with van der Waals surface area (Å²) in [6, 6.07) is 5.91. The average molecular weight is 207 g/mol. The molecule has 0 radical (unpaired) electrons. The van der Waals surface area contributed by atoms with Gasteiger partial charge in [-0.25, -0.2) is 0 Å². The van der Waals surface area contributed by atoms with Crippen LogP contribution in [0.1, 0.15) is 11.1 Å². The molecule has 0 N–H and O–H groups in total. The van der Waals surface area contributed by atoms with Crippen LogP contribution in [0.3, 0.4) is 0 Å². The van der Waals surface area contributed by atoms with Crippen LogP contribution >= 0.6 is 24.0 Å². The quantitative estimate of drug-likeness (QED) is 0.676. The Morgan fingerprint density at radius 3 is 2.50 bits per heavy atom. The molecule has 1 nitrogen and oxygen atoms in total. The van der Waals surface area contributed by atoms with E-state index in [1.807, 2.05) is 25.1 Å². The van der Waals surface area contributed by atoms with Crippen LogP contribution in [0, 0.1) is 6.92 Å². The van der Waals surface area contributed by atoms with Crippen LogP contribution in [0.25, 0.3) is 0 Å². The summed E-state index contributed by atoms with van der Waals surface area (Å²) in [7, 11) is 1.66. The maximum absolute atomic E-state index is 5.74. The second-order valence-electron chi connectivity index (χ2n) is 2.39. The zero-order valence-electron chi connectivity index (χ0n) is 7.13. The van der Waals surface area contributed by atoms with Gasteiger partial charge in [0, 0.05) is 5.56 Å². The molecule has 0 fully saturated rings. The SMILES string of the molecule is COc1cccc(C)c1CCl.Cl. The summed E-state index contributed by atoms with van der Waals surface area (Å²) < 4.78 is 5.13. The zero-order valence-corrected chi connectivity index (χ0v) is 8.71. The Balaban J connectivity index is 0.00000121. The highest BCUT2D eigenvalue weighted by Gasteiger charge is 2.02. The molecule has 68 valence electrons. The number of methoxy groups -OCH3 is 1. The van der Waals surface area contributed by atoms with Crippen molar-refractivity contribution in [2.45, 2.75) is 12.8 Å². The molecule has 1 aromatic carbocycles. The van der Waals surface area contributed by atoms with Gasteiger partial charge in [0.15, 0.2) is 0 Å². The van der Waals surface area contributed by atoms with E-state index in [1.165, 1.54) is 5.56 Å². The number of hydrogen-bond donors (Lipinski definition) is 0. The third-order valence-electron chi connectivity index (χ3n) is 1.72. The normalized spacial score (nSPS) is 8.92. The van der Waals surface area contributed by atoms with Gasteiger partial charge in [0.25, 0.3) is 0 Å². The minimum absolute atomic E-state index is 0. The average Bonchev–Trinajstić information content (AvgIpc) is 2.04. The molecule has 0 atom stereocenters. The van der Waals surface area contributed by atoms with E-state index < -0.39 is 0 Å². The van der Waals surface area contributed by atoms with Crippen molar-refractivity contribution in [1.29, 1.82) is 0 Å². The number of benzene rings is 1. The molecule has 0 heterocycles. The molecule has 0 aliphatic rings. The third-order valence-corrected chi connectivity index (χ3v) is 1.99. The van der Waals surface area contributed by atoms with Crippen LogP contribution in [0.15, 0.2) is 18.2 Å². The van der Waals surface area contributed by atoms with Gasteiger partial charge in [-0.3, -0.25) is 0 Å². The first-order valence-corrected chi connectivity index (χ1v) is 4.01. The van der Waals surface area contributed by atoms with Gasteiger partial charge in [0.1, 0.15) is 5.75 Å². The lowest BCUT2D eigenvalue weighted by Gasteiger charge is -2.07. The smallest absolute Gasteiger partial charge is 0.123 e. The van der Waals surface area contributed by atoms with Crippen molar-refractivity contribution < 1.29 is 4.74 Å². The largest absolute Gasteiger partial charge is 0.496 e. The molecule has 0 amide bonds. The molecular weight excluding hydrogens is 195 g/mol. The number of alkyl halides is 1. The Morgan fingerprint density at radius 1 is 1.42 bits per heavy atom. The maximum Gasteiger partial charge on any atom is 0.123 e. The predicted octanol–water partition coefficient (Wildman–Crippen LogP) is 3.16. The Hall–Kier alpha value is -0.400. The van der Waals surface area contributed by atoms with Crippen molar-refractivity contribution in [3.8, 4) is 5.75 Å². The van der Waals surface area contributed by atoms with E-state index in [2.05, 4.69) is 0 Å². The molecule has 1 aromatic rings. The molecular formula is C9H12Cl2O. The molecule has 0 unspecified atom stereocenters. The maximum atomic E-state index is 5.74. The van der Waals surface area contributed by atoms with E-state index in [9.17, 15) is 0 Å². The van der Waals surface area contributed by atoms with Crippen molar-refractivity contribution in [2.24, 2.45) is 0 Å². The van der Waals surface area contributed by atoms with Gasteiger partial charge in [-0.15, -0.1) is 24.0 Å². The van der Waals surface area contributed by atoms with Crippen LogP contribution in [0.2, 0.25) is 0 Å². The minimum Gasteiger partial charge on any atom is -0.496 e. The first-order valence-electron chi connectivity index (χ1n) is 3.48. The van der Waals surface area contributed by atoms with Gasteiger partial charge in [0.2, 0.25) is 0 Å². The molecule has 12 heavy (non-hydrogen) atoms. The number of rotatable bonds is 2. The number of aryl methyl sites for hydroxylation is 1. The van der Waals surface area contributed by atoms with E-state index in [4.69, 9.17) is 16.3 Å². The van der Waals surface area contributed by atoms with Crippen molar-refractivity contribution in [1.82, 2.24) is 0 Å². The van der Waals surface area contributed by atoms with Gasteiger partial charge >= 0.3 is 0 Å². The molecule has 0 aromatic heterocycles. The zero-order chi connectivity index (χ0) is 8.27. The summed E-state index contributed by atoms with van der Waals surface area (Å²) in [4.78, 5) is 0. The minimum atomic E-state index is 0. The Labute approximate surface area is 84.1 Å². The van der Waals surface area contributed by atoms with Gasteiger partial charge in [-0.2, -0.15) is 0 Å². The summed E-state index contributed by atoms with van der Waals surface area (Å²) in [6.07, 6.45) is 0. The Bertz CT molecular complexity index is 248. The topological polar surface area (TPSA) is 9.23 Å². The summed E-state index contributed by atoms with van der Waals surface area (Å²) in [5.74, 6) is 1.38. The summed E-state index contributed by atoms with van der Waals surface area (Å²) >= 11 is 5.74. The van der Waals surface area contributed by atoms with Crippen LogP contribution < -0.4 is 4.74 Å². The molecule has 0 saturated heterocycles. The molecule has 0 saturated carbocycles. The number of halogens is 2. The van der Waals surface area contributed by atoms with Crippen LogP contribution in [0.4, 0.5) is 0 Å². The van der Waals surface area contributed by atoms with Gasteiger partial charge in [0.05, 0.1) is 13.0 Å². The summed E-state index contributed by atoms with van der Waals surface area (Å²) in [5.41, 5.74) is 2.26. The van der Waals surface area contributed by atoms with Gasteiger partial charge < -0.3 is 4.74 Å². The highest BCUT2D eigenvalue weighted by Crippen LogP contribution is 2.22. The second kappa shape index (κ2) is 5.28. The standard InChI is InChI=1S/C9H11ClO.ClH/c1-7-4-3-5-9(11-2)8(7)6-10;/h3-5H,6H2,1-2H3;1H. The lowest BCUT2D eigenvalue weighted by Crippen LogP contribution is -1.91. The molecule has 3 heteroatoms. The first kappa shape index (κ1) is 11.6. The molecule has 0 aliphatic carbocycles. The lowest BCUT2D eigenvalue weighted by atomic mass is 10.1. The summed E-state index contributed by atoms with van der Waals surface area (Å²) in [6.45, 7) is 2.03. The van der Waals surface area contributed by atoms with E-state index in [0.29, 0.717) is 5.88 Å². The number of hydrogen-bond acceptors (Lipinski definition) is 1. The van der Waals surface area contributed by atoms with Crippen LogP contribution in [-0.4, -0.2) is 7.11 Å². The Kier molecular flexibility index (Phi) is 5.11. The fourth-order valence-electron chi connectivity index (χ4n) is 1.04. The molecule has 0 aliphatic heterocycles. The summed E-state index contributed by atoms with van der Waals surface area (Å²) in [5, 5.41) is 0. The van der Waals surface area contributed by atoms with Crippen molar-refractivity contribution in [2.75, 3.05) is 7.11 Å². The fraction of sp³-hybridized carbons (Fsp3) is 0.333.